The standard InChI is InChI=1S/C9H16N2/c1-3-4-5-8(2)9-10-6-7-11-9/h6-8H,3-5H2,1-2H3,(H,10,11). The number of aromatic nitrogens is 2. The second-order valence-corrected chi connectivity index (χ2v) is 3.02. The molecular weight excluding hydrogens is 136 g/mol. The van der Waals surface area contributed by atoms with Crippen LogP contribution in [-0.4, -0.2) is 9.97 Å². The first-order valence-corrected chi connectivity index (χ1v) is 4.34. The molecule has 1 rings (SSSR count). The molecule has 2 nitrogen and oxygen atoms in total. The van der Waals surface area contributed by atoms with Crippen molar-refractivity contribution in [2.24, 2.45) is 0 Å². The summed E-state index contributed by atoms with van der Waals surface area (Å²) in [6, 6.07) is 0. The maximum Gasteiger partial charge on any atom is 0.108 e. The fourth-order valence-electron chi connectivity index (χ4n) is 1.19. The Labute approximate surface area is 68.0 Å². The Morgan fingerprint density at radius 2 is 2.45 bits per heavy atom. The van der Waals surface area contributed by atoms with Gasteiger partial charge in [0.25, 0.3) is 0 Å². The van der Waals surface area contributed by atoms with Crippen molar-refractivity contribution in [2.45, 2.75) is 39.0 Å². The summed E-state index contributed by atoms with van der Waals surface area (Å²) in [5.74, 6) is 1.71. The van der Waals surface area contributed by atoms with Crippen LogP contribution in [0.1, 0.15) is 44.9 Å². The summed E-state index contributed by atoms with van der Waals surface area (Å²) >= 11 is 0. The Morgan fingerprint density at radius 1 is 1.64 bits per heavy atom. The first-order valence-electron chi connectivity index (χ1n) is 4.34. The maximum atomic E-state index is 4.21. The van der Waals surface area contributed by atoms with Gasteiger partial charge in [-0.05, 0) is 6.42 Å². The van der Waals surface area contributed by atoms with Gasteiger partial charge < -0.3 is 4.98 Å². The maximum absolute atomic E-state index is 4.21. The van der Waals surface area contributed by atoms with E-state index < -0.39 is 0 Å². The molecule has 1 atom stereocenters. The molecule has 11 heavy (non-hydrogen) atoms. The van der Waals surface area contributed by atoms with E-state index in [-0.39, 0.29) is 0 Å². The smallest absolute Gasteiger partial charge is 0.108 e. The van der Waals surface area contributed by atoms with Gasteiger partial charge in [-0.3, -0.25) is 0 Å². The molecule has 0 fully saturated rings. The molecule has 0 saturated heterocycles. The van der Waals surface area contributed by atoms with Gasteiger partial charge in [-0.15, -0.1) is 0 Å². The number of hydrogen-bond donors (Lipinski definition) is 1. The van der Waals surface area contributed by atoms with Crippen LogP contribution >= 0.6 is 0 Å². The highest BCUT2D eigenvalue weighted by Gasteiger charge is 2.05. The normalized spacial score (nSPS) is 13.3. The first kappa shape index (κ1) is 8.31. The molecule has 0 aliphatic carbocycles. The highest BCUT2D eigenvalue weighted by Crippen LogP contribution is 2.16. The van der Waals surface area contributed by atoms with Crippen molar-refractivity contribution in [3.63, 3.8) is 0 Å². The fraction of sp³-hybridized carbons (Fsp3) is 0.667. The van der Waals surface area contributed by atoms with Gasteiger partial charge in [0.2, 0.25) is 0 Å². The molecule has 2 heteroatoms. The highest BCUT2D eigenvalue weighted by atomic mass is 14.9. The Balaban J connectivity index is 2.36. The number of nitrogens with one attached hydrogen (secondary N) is 1. The zero-order chi connectivity index (χ0) is 8.10. The van der Waals surface area contributed by atoms with Crippen molar-refractivity contribution in [3.8, 4) is 0 Å². The number of rotatable bonds is 4. The Bertz CT molecular complexity index is 179. The van der Waals surface area contributed by atoms with Gasteiger partial charge in [0, 0.05) is 18.3 Å². The zero-order valence-electron chi connectivity index (χ0n) is 7.30. The second-order valence-electron chi connectivity index (χ2n) is 3.02. The summed E-state index contributed by atoms with van der Waals surface area (Å²) < 4.78 is 0. The average molecular weight is 152 g/mol. The van der Waals surface area contributed by atoms with Crippen molar-refractivity contribution in [1.29, 1.82) is 0 Å². The minimum Gasteiger partial charge on any atom is -0.348 e. The van der Waals surface area contributed by atoms with E-state index in [9.17, 15) is 0 Å². The number of unbranched alkanes of at least 4 members (excludes halogenated alkanes) is 1. The van der Waals surface area contributed by atoms with Crippen LogP contribution in [-0.2, 0) is 0 Å². The van der Waals surface area contributed by atoms with Gasteiger partial charge in [0.15, 0.2) is 0 Å². The predicted molar refractivity (Wildman–Crippen MR) is 46.5 cm³/mol. The van der Waals surface area contributed by atoms with Crippen LogP contribution < -0.4 is 0 Å². The van der Waals surface area contributed by atoms with Crippen LogP contribution in [0.15, 0.2) is 12.4 Å². The van der Waals surface area contributed by atoms with E-state index in [1.54, 1.807) is 0 Å². The molecule has 0 amide bonds. The van der Waals surface area contributed by atoms with Crippen LogP contribution in [0, 0.1) is 0 Å². The minimum atomic E-state index is 0.588. The Morgan fingerprint density at radius 3 is 3.00 bits per heavy atom. The molecule has 62 valence electrons. The van der Waals surface area contributed by atoms with E-state index >= 15 is 0 Å². The SMILES string of the molecule is CCCCC(C)c1ncc[nH]1. The van der Waals surface area contributed by atoms with Gasteiger partial charge in [-0.2, -0.15) is 0 Å². The van der Waals surface area contributed by atoms with E-state index in [1.807, 2.05) is 12.4 Å². The molecule has 1 unspecified atom stereocenters. The van der Waals surface area contributed by atoms with E-state index in [1.165, 1.54) is 19.3 Å². The minimum absolute atomic E-state index is 0.588. The third-order valence-electron chi connectivity index (χ3n) is 1.98. The van der Waals surface area contributed by atoms with Gasteiger partial charge in [-0.25, -0.2) is 4.98 Å². The molecule has 0 aromatic carbocycles. The molecule has 1 heterocycles. The summed E-state index contributed by atoms with van der Waals surface area (Å²) in [5, 5.41) is 0. The largest absolute Gasteiger partial charge is 0.348 e. The third-order valence-corrected chi connectivity index (χ3v) is 1.98. The number of nitrogens with zero attached hydrogens (tertiary/aromatic N) is 1. The average Bonchev–Trinajstić information content (AvgIpc) is 2.52. The fourth-order valence-corrected chi connectivity index (χ4v) is 1.19. The van der Waals surface area contributed by atoms with Crippen molar-refractivity contribution >= 4 is 0 Å². The number of aromatic amines is 1. The van der Waals surface area contributed by atoms with Crippen LogP contribution in [0.3, 0.4) is 0 Å². The molecule has 0 radical (unpaired) electrons. The topological polar surface area (TPSA) is 28.7 Å². The molecule has 0 spiro atoms. The molecular formula is C9H16N2. The number of hydrogen-bond acceptors (Lipinski definition) is 1. The van der Waals surface area contributed by atoms with Gasteiger partial charge in [0.1, 0.15) is 5.82 Å². The van der Waals surface area contributed by atoms with Crippen LogP contribution in [0.2, 0.25) is 0 Å². The second kappa shape index (κ2) is 4.16. The summed E-state index contributed by atoms with van der Waals surface area (Å²) in [7, 11) is 0. The third kappa shape index (κ3) is 2.37. The molecule has 1 N–H and O–H groups in total. The zero-order valence-corrected chi connectivity index (χ0v) is 7.30. The van der Waals surface area contributed by atoms with Gasteiger partial charge in [0.05, 0.1) is 0 Å². The van der Waals surface area contributed by atoms with Gasteiger partial charge >= 0.3 is 0 Å². The van der Waals surface area contributed by atoms with Crippen molar-refractivity contribution in [2.75, 3.05) is 0 Å². The Kier molecular flexibility index (Phi) is 3.14. The predicted octanol–water partition coefficient (Wildman–Crippen LogP) is 2.70. The summed E-state index contributed by atoms with van der Waals surface area (Å²) in [4.78, 5) is 7.35. The summed E-state index contributed by atoms with van der Waals surface area (Å²) in [5.41, 5.74) is 0. The monoisotopic (exact) mass is 152 g/mol. The number of H-pyrrole nitrogens is 1. The molecule has 0 bridgehead atoms. The lowest BCUT2D eigenvalue weighted by atomic mass is 10.0. The lowest BCUT2D eigenvalue weighted by Gasteiger charge is -2.05. The van der Waals surface area contributed by atoms with Crippen molar-refractivity contribution in [1.82, 2.24) is 9.97 Å². The molecule has 0 saturated carbocycles. The van der Waals surface area contributed by atoms with E-state index in [0.717, 1.165) is 5.82 Å². The molecule has 1 aromatic heterocycles. The Hall–Kier alpha value is -0.790. The summed E-state index contributed by atoms with van der Waals surface area (Å²) in [6.45, 7) is 4.43. The van der Waals surface area contributed by atoms with E-state index in [4.69, 9.17) is 0 Å². The quantitative estimate of drug-likeness (QED) is 0.706. The molecule has 0 aliphatic rings. The van der Waals surface area contributed by atoms with Crippen molar-refractivity contribution in [3.05, 3.63) is 18.2 Å². The van der Waals surface area contributed by atoms with Crippen LogP contribution in [0.4, 0.5) is 0 Å². The molecule has 1 aromatic rings. The molecule has 0 aliphatic heterocycles. The number of imidazole rings is 1. The van der Waals surface area contributed by atoms with Crippen LogP contribution in [0.25, 0.3) is 0 Å². The van der Waals surface area contributed by atoms with E-state index in [0.29, 0.717) is 5.92 Å². The van der Waals surface area contributed by atoms with Crippen molar-refractivity contribution < 1.29 is 0 Å². The first-order chi connectivity index (χ1) is 5.34. The van der Waals surface area contributed by atoms with Crippen LogP contribution in [0.5, 0.6) is 0 Å². The van der Waals surface area contributed by atoms with Gasteiger partial charge in [-0.1, -0.05) is 26.7 Å². The lowest BCUT2D eigenvalue weighted by Crippen LogP contribution is -1.95. The van der Waals surface area contributed by atoms with E-state index in [2.05, 4.69) is 23.8 Å². The summed E-state index contributed by atoms with van der Waals surface area (Å²) in [6.07, 6.45) is 7.51. The highest BCUT2D eigenvalue weighted by molar-refractivity contribution is 4.94. The lowest BCUT2D eigenvalue weighted by molar-refractivity contribution is 0.601.